The Balaban J connectivity index is 2.07. The molecule has 0 bridgehead atoms. The molecule has 0 atom stereocenters. The van der Waals surface area contributed by atoms with E-state index >= 15 is 0 Å². The fourth-order valence-electron chi connectivity index (χ4n) is 2.21. The van der Waals surface area contributed by atoms with Gasteiger partial charge in [-0.05, 0) is 38.3 Å². The Morgan fingerprint density at radius 3 is 2.67 bits per heavy atom. The Morgan fingerprint density at radius 1 is 1.39 bits per heavy atom. The number of hydrogen-bond acceptors (Lipinski definition) is 3. The van der Waals surface area contributed by atoms with Crippen LogP contribution in [0.3, 0.4) is 0 Å². The minimum absolute atomic E-state index is 0.0614. The summed E-state index contributed by atoms with van der Waals surface area (Å²) in [4.78, 5) is 10.9. The molecule has 1 aliphatic carbocycles. The van der Waals surface area contributed by atoms with Gasteiger partial charge in [0.1, 0.15) is 17.1 Å². The summed E-state index contributed by atoms with van der Waals surface area (Å²) in [5, 5.41) is 8.93. The van der Waals surface area contributed by atoms with Gasteiger partial charge in [-0.3, -0.25) is 4.79 Å². The largest absolute Gasteiger partial charge is 0.494 e. The Kier molecular flexibility index (Phi) is 3.75. The van der Waals surface area contributed by atoms with Crippen LogP contribution in [0, 0.1) is 0 Å². The molecule has 0 aromatic heterocycles. The maximum Gasteiger partial charge on any atom is 0.307 e. The molecule has 0 saturated heterocycles. The zero-order valence-electron chi connectivity index (χ0n) is 10.5. The number of carboxylic acid groups (broad SMARTS) is 1. The number of carbonyl (C=O) groups is 1. The summed E-state index contributed by atoms with van der Waals surface area (Å²) in [6.45, 7) is 2.52. The SMILES string of the molecule is CCOc1cccc(OC2(CC(=O)O)CCC2)c1. The van der Waals surface area contributed by atoms with Crippen LogP contribution >= 0.6 is 0 Å². The van der Waals surface area contributed by atoms with Crippen LogP contribution < -0.4 is 9.47 Å². The van der Waals surface area contributed by atoms with Crippen molar-refractivity contribution in [3.05, 3.63) is 24.3 Å². The fraction of sp³-hybridized carbons (Fsp3) is 0.500. The highest BCUT2D eigenvalue weighted by Gasteiger charge is 2.41. The summed E-state index contributed by atoms with van der Waals surface area (Å²) < 4.78 is 11.3. The maximum absolute atomic E-state index is 10.9. The number of benzene rings is 1. The zero-order chi connectivity index (χ0) is 13.0. The molecule has 18 heavy (non-hydrogen) atoms. The molecule has 1 saturated carbocycles. The molecule has 0 aliphatic heterocycles. The van der Waals surface area contributed by atoms with Gasteiger partial charge in [0.05, 0.1) is 13.0 Å². The van der Waals surface area contributed by atoms with Crippen LogP contribution in [-0.2, 0) is 4.79 Å². The second-order valence-corrected chi connectivity index (χ2v) is 4.62. The molecule has 0 spiro atoms. The van der Waals surface area contributed by atoms with Gasteiger partial charge in [-0.1, -0.05) is 6.07 Å². The van der Waals surface area contributed by atoms with E-state index in [-0.39, 0.29) is 6.42 Å². The second kappa shape index (κ2) is 5.29. The molecule has 1 N–H and O–H groups in total. The lowest BCUT2D eigenvalue weighted by Gasteiger charge is -2.40. The smallest absolute Gasteiger partial charge is 0.307 e. The lowest BCUT2D eigenvalue weighted by molar-refractivity contribution is -0.144. The van der Waals surface area contributed by atoms with Crippen molar-refractivity contribution in [3.63, 3.8) is 0 Å². The van der Waals surface area contributed by atoms with Crippen LogP contribution in [0.5, 0.6) is 11.5 Å². The highest BCUT2D eigenvalue weighted by atomic mass is 16.5. The van der Waals surface area contributed by atoms with E-state index in [1.165, 1.54) is 0 Å². The molecule has 4 heteroatoms. The lowest BCUT2D eigenvalue weighted by Crippen LogP contribution is -2.45. The molecule has 2 rings (SSSR count). The van der Waals surface area contributed by atoms with Crippen molar-refractivity contribution in [1.82, 2.24) is 0 Å². The summed E-state index contributed by atoms with van der Waals surface area (Å²) in [7, 11) is 0. The van der Waals surface area contributed by atoms with Crippen LogP contribution in [0.25, 0.3) is 0 Å². The van der Waals surface area contributed by atoms with Crippen LogP contribution in [0.2, 0.25) is 0 Å². The van der Waals surface area contributed by atoms with Gasteiger partial charge in [0, 0.05) is 6.07 Å². The van der Waals surface area contributed by atoms with Crippen LogP contribution in [-0.4, -0.2) is 23.3 Å². The van der Waals surface area contributed by atoms with Crippen molar-refractivity contribution < 1.29 is 19.4 Å². The van der Waals surface area contributed by atoms with Crippen LogP contribution in [0.15, 0.2) is 24.3 Å². The fourth-order valence-corrected chi connectivity index (χ4v) is 2.21. The molecule has 1 fully saturated rings. The van der Waals surface area contributed by atoms with Crippen molar-refractivity contribution >= 4 is 5.97 Å². The van der Waals surface area contributed by atoms with Crippen molar-refractivity contribution in [2.75, 3.05) is 6.61 Å². The topological polar surface area (TPSA) is 55.8 Å². The first-order valence-electron chi connectivity index (χ1n) is 6.27. The average Bonchev–Trinajstić information content (AvgIpc) is 2.26. The Morgan fingerprint density at radius 2 is 2.11 bits per heavy atom. The van der Waals surface area contributed by atoms with Crippen molar-refractivity contribution in [3.8, 4) is 11.5 Å². The van der Waals surface area contributed by atoms with Gasteiger partial charge in [-0.2, -0.15) is 0 Å². The molecule has 0 radical (unpaired) electrons. The van der Waals surface area contributed by atoms with Crippen LogP contribution in [0.4, 0.5) is 0 Å². The molecule has 0 amide bonds. The van der Waals surface area contributed by atoms with E-state index in [1.54, 1.807) is 0 Å². The highest BCUT2D eigenvalue weighted by Crippen LogP contribution is 2.39. The molecule has 1 aromatic carbocycles. The molecule has 1 aliphatic rings. The van der Waals surface area contributed by atoms with Crippen molar-refractivity contribution in [2.45, 2.75) is 38.2 Å². The third-order valence-electron chi connectivity index (χ3n) is 3.19. The minimum Gasteiger partial charge on any atom is -0.494 e. The molecule has 0 unspecified atom stereocenters. The van der Waals surface area contributed by atoms with Crippen molar-refractivity contribution in [2.24, 2.45) is 0 Å². The third kappa shape index (κ3) is 2.94. The first-order chi connectivity index (χ1) is 8.63. The van der Waals surface area contributed by atoms with Gasteiger partial charge in [0.2, 0.25) is 0 Å². The molecule has 98 valence electrons. The van der Waals surface area contributed by atoms with E-state index in [9.17, 15) is 4.79 Å². The lowest BCUT2D eigenvalue weighted by atomic mass is 9.77. The predicted octanol–water partition coefficient (Wildman–Crippen LogP) is 2.86. The molecular weight excluding hydrogens is 232 g/mol. The van der Waals surface area contributed by atoms with E-state index in [4.69, 9.17) is 14.6 Å². The van der Waals surface area contributed by atoms with Gasteiger partial charge >= 0.3 is 5.97 Å². The quantitative estimate of drug-likeness (QED) is 0.843. The van der Waals surface area contributed by atoms with E-state index < -0.39 is 11.6 Å². The number of ether oxygens (including phenoxy) is 2. The molecule has 1 aromatic rings. The van der Waals surface area contributed by atoms with Gasteiger partial charge in [0.25, 0.3) is 0 Å². The third-order valence-corrected chi connectivity index (χ3v) is 3.19. The molecular formula is C14H18O4. The van der Waals surface area contributed by atoms with Gasteiger partial charge in [-0.15, -0.1) is 0 Å². The minimum atomic E-state index is -0.810. The standard InChI is InChI=1S/C14H18O4/c1-2-17-11-5-3-6-12(9-11)18-14(7-4-8-14)10-13(15)16/h3,5-6,9H,2,4,7-8,10H2,1H3,(H,15,16). The van der Waals surface area contributed by atoms with E-state index in [1.807, 2.05) is 31.2 Å². The number of rotatable bonds is 6. The van der Waals surface area contributed by atoms with E-state index in [0.717, 1.165) is 25.0 Å². The van der Waals surface area contributed by atoms with Gasteiger partial charge in [-0.25, -0.2) is 0 Å². The average molecular weight is 250 g/mol. The number of aliphatic carboxylic acids is 1. The first kappa shape index (κ1) is 12.7. The summed E-state index contributed by atoms with van der Waals surface area (Å²) in [6.07, 6.45) is 2.70. The highest BCUT2D eigenvalue weighted by molar-refractivity contribution is 5.68. The zero-order valence-corrected chi connectivity index (χ0v) is 10.5. The summed E-state index contributed by atoms with van der Waals surface area (Å²) in [5.74, 6) is 0.623. The van der Waals surface area contributed by atoms with Crippen molar-refractivity contribution in [1.29, 1.82) is 0 Å². The number of carboxylic acids is 1. The Hall–Kier alpha value is -1.71. The number of hydrogen-bond donors (Lipinski definition) is 1. The van der Waals surface area contributed by atoms with Gasteiger partial charge < -0.3 is 14.6 Å². The summed E-state index contributed by atoms with van der Waals surface area (Å²) >= 11 is 0. The Labute approximate surface area is 107 Å². The summed E-state index contributed by atoms with van der Waals surface area (Å²) in [6, 6.07) is 7.37. The normalized spacial score (nSPS) is 16.7. The molecule has 0 heterocycles. The Bertz CT molecular complexity index is 424. The van der Waals surface area contributed by atoms with E-state index in [0.29, 0.717) is 12.4 Å². The van der Waals surface area contributed by atoms with E-state index in [2.05, 4.69) is 0 Å². The van der Waals surface area contributed by atoms with Gasteiger partial charge in [0.15, 0.2) is 0 Å². The van der Waals surface area contributed by atoms with Crippen LogP contribution in [0.1, 0.15) is 32.6 Å². The first-order valence-corrected chi connectivity index (χ1v) is 6.27. The predicted molar refractivity (Wildman–Crippen MR) is 67.1 cm³/mol. The molecule has 4 nitrogen and oxygen atoms in total. The maximum atomic E-state index is 10.9. The summed E-state index contributed by atoms with van der Waals surface area (Å²) in [5.41, 5.74) is -0.517. The monoisotopic (exact) mass is 250 g/mol. The second-order valence-electron chi connectivity index (χ2n) is 4.62.